The Labute approximate surface area is 143 Å². The van der Waals surface area contributed by atoms with Gasteiger partial charge in [0, 0.05) is 17.5 Å². The second-order valence-corrected chi connectivity index (χ2v) is 5.73. The maximum atomic E-state index is 12.5. The number of para-hydroxylation sites is 1. The molecule has 1 heterocycles. The number of allylic oxidation sites excluding steroid dienone is 1. The Morgan fingerprint density at radius 1 is 1.12 bits per heavy atom. The molecular weight excluding hydrogens is 326 g/mol. The second-order valence-electron chi connectivity index (χ2n) is 5.32. The Morgan fingerprint density at radius 3 is 2.54 bits per heavy atom. The molecule has 2 aromatic carbocycles. The molecule has 0 radical (unpaired) electrons. The lowest BCUT2D eigenvalue weighted by atomic mass is 10.1. The molecule has 1 aromatic heterocycles. The standard InChI is InChI=1S/C19H14ClNO3/c1-21-15-9-5-3-7-13(15)18(23)17(19(21)24)16(22)11-10-12-6-2-4-8-14(12)20/h2-11,23H,1H3. The highest BCUT2D eigenvalue weighted by atomic mass is 35.5. The molecule has 0 fully saturated rings. The number of halogens is 1. The van der Waals surface area contributed by atoms with E-state index in [-0.39, 0.29) is 11.3 Å². The first-order valence-electron chi connectivity index (χ1n) is 7.28. The van der Waals surface area contributed by atoms with Crippen LogP contribution >= 0.6 is 11.6 Å². The highest BCUT2D eigenvalue weighted by Crippen LogP contribution is 2.26. The Bertz CT molecular complexity index is 1030. The topological polar surface area (TPSA) is 59.3 Å². The molecule has 0 saturated heterocycles. The van der Waals surface area contributed by atoms with Crippen LogP contribution in [0.15, 0.2) is 59.4 Å². The predicted molar refractivity (Wildman–Crippen MR) is 95.7 cm³/mol. The number of fused-ring (bicyclic) bond motifs is 1. The van der Waals surface area contributed by atoms with E-state index in [4.69, 9.17) is 11.6 Å². The summed E-state index contributed by atoms with van der Waals surface area (Å²) in [5.41, 5.74) is 0.427. The molecule has 3 rings (SSSR count). The molecule has 4 nitrogen and oxygen atoms in total. The van der Waals surface area contributed by atoms with Gasteiger partial charge in [0.05, 0.1) is 5.52 Å². The van der Waals surface area contributed by atoms with Crippen LogP contribution in [0.1, 0.15) is 15.9 Å². The van der Waals surface area contributed by atoms with Gasteiger partial charge in [0.2, 0.25) is 0 Å². The first-order chi connectivity index (χ1) is 11.5. The molecule has 24 heavy (non-hydrogen) atoms. The number of rotatable bonds is 3. The van der Waals surface area contributed by atoms with Crippen LogP contribution in [0.25, 0.3) is 17.0 Å². The number of aromatic hydroxyl groups is 1. The zero-order chi connectivity index (χ0) is 17.3. The zero-order valence-corrected chi connectivity index (χ0v) is 13.6. The first kappa shape index (κ1) is 16.0. The van der Waals surface area contributed by atoms with Crippen LogP contribution < -0.4 is 5.56 Å². The summed E-state index contributed by atoms with van der Waals surface area (Å²) in [6.45, 7) is 0. The van der Waals surface area contributed by atoms with Crippen LogP contribution in [0.5, 0.6) is 5.75 Å². The highest BCUT2D eigenvalue weighted by Gasteiger charge is 2.19. The Kier molecular flexibility index (Phi) is 4.23. The number of pyridine rings is 1. The van der Waals surface area contributed by atoms with Crippen molar-refractivity contribution < 1.29 is 9.90 Å². The van der Waals surface area contributed by atoms with Gasteiger partial charge in [0.15, 0.2) is 5.78 Å². The fourth-order valence-electron chi connectivity index (χ4n) is 2.56. The summed E-state index contributed by atoms with van der Waals surface area (Å²) in [7, 11) is 1.57. The number of aromatic nitrogens is 1. The van der Waals surface area contributed by atoms with E-state index in [0.29, 0.717) is 21.5 Å². The molecule has 0 spiro atoms. The Balaban J connectivity index is 2.11. The van der Waals surface area contributed by atoms with Crippen LogP contribution in [0, 0.1) is 0 Å². The Hall–Kier alpha value is -2.85. The van der Waals surface area contributed by atoms with E-state index >= 15 is 0 Å². The van der Waals surface area contributed by atoms with Crippen LogP contribution in [0.4, 0.5) is 0 Å². The minimum absolute atomic E-state index is 0.250. The van der Waals surface area contributed by atoms with Crippen molar-refractivity contribution in [2.75, 3.05) is 0 Å². The predicted octanol–water partition coefficient (Wildman–Crippen LogP) is 3.79. The van der Waals surface area contributed by atoms with Gasteiger partial charge >= 0.3 is 0 Å². The molecule has 3 aromatic rings. The van der Waals surface area contributed by atoms with Crippen molar-refractivity contribution in [2.45, 2.75) is 0 Å². The summed E-state index contributed by atoms with van der Waals surface area (Å²) in [5, 5.41) is 11.3. The SMILES string of the molecule is Cn1c(=O)c(C(=O)C=Cc2ccccc2Cl)c(O)c2ccccc21. The molecule has 0 aliphatic carbocycles. The number of carbonyl (C=O) groups excluding carboxylic acids is 1. The Morgan fingerprint density at radius 2 is 1.79 bits per heavy atom. The molecule has 0 unspecified atom stereocenters. The lowest BCUT2D eigenvalue weighted by Crippen LogP contribution is -2.24. The van der Waals surface area contributed by atoms with Gasteiger partial charge in [-0.1, -0.05) is 41.9 Å². The van der Waals surface area contributed by atoms with Gasteiger partial charge in [-0.3, -0.25) is 9.59 Å². The monoisotopic (exact) mass is 339 g/mol. The van der Waals surface area contributed by atoms with Crippen molar-refractivity contribution in [1.29, 1.82) is 0 Å². The number of nitrogens with zero attached hydrogens (tertiary/aromatic N) is 1. The normalized spacial score (nSPS) is 11.2. The molecule has 0 amide bonds. The molecule has 0 bridgehead atoms. The molecule has 120 valence electrons. The zero-order valence-electron chi connectivity index (χ0n) is 12.9. The van der Waals surface area contributed by atoms with Gasteiger partial charge in [0.1, 0.15) is 11.3 Å². The average Bonchev–Trinajstić information content (AvgIpc) is 2.59. The molecule has 0 aliphatic heterocycles. The van der Waals surface area contributed by atoms with Crippen molar-refractivity contribution >= 4 is 34.4 Å². The fourth-order valence-corrected chi connectivity index (χ4v) is 2.76. The minimum atomic E-state index is -0.571. The number of ketones is 1. The molecule has 0 aliphatic rings. The van der Waals surface area contributed by atoms with E-state index in [1.165, 1.54) is 16.7 Å². The number of hydrogen-bond donors (Lipinski definition) is 1. The summed E-state index contributed by atoms with van der Waals surface area (Å²) >= 11 is 6.04. The van der Waals surface area contributed by atoms with Crippen LogP contribution in [-0.2, 0) is 7.05 Å². The second kappa shape index (κ2) is 6.34. The van der Waals surface area contributed by atoms with E-state index in [1.54, 1.807) is 55.6 Å². The lowest BCUT2D eigenvalue weighted by molar-refractivity contribution is 0.104. The van der Waals surface area contributed by atoms with Gasteiger partial charge in [-0.25, -0.2) is 0 Å². The average molecular weight is 340 g/mol. The van der Waals surface area contributed by atoms with Crippen molar-refractivity contribution in [2.24, 2.45) is 7.05 Å². The largest absolute Gasteiger partial charge is 0.506 e. The third kappa shape index (κ3) is 2.72. The smallest absolute Gasteiger partial charge is 0.265 e. The van der Waals surface area contributed by atoms with Crippen LogP contribution in [0.3, 0.4) is 0 Å². The maximum absolute atomic E-state index is 12.5. The van der Waals surface area contributed by atoms with Crippen molar-refractivity contribution in [1.82, 2.24) is 4.57 Å². The van der Waals surface area contributed by atoms with E-state index in [9.17, 15) is 14.7 Å². The lowest BCUT2D eigenvalue weighted by Gasteiger charge is -2.09. The summed E-state index contributed by atoms with van der Waals surface area (Å²) < 4.78 is 1.35. The van der Waals surface area contributed by atoms with Gasteiger partial charge in [-0.05, 0) is 35.9 Å². The first-order valence-corrected chi connectivity index (χ1v) is 7.66. The highest BCUT2D eigenvalue weighted by molar-refractivity contribution is 6.32. The van der Waals surface area contributed by atoms with E-state index < -0.39 is 11.3 Å². The quantitative estimate of drug-likeness (QED) is 0.583. The maximum Gasteiger partial charge on any atom is 0.265 e. The fraction of sp³-hybridized carbons (Fsp3) is 0.0526. The van der Waals surface area contributed by atoms with Gasteiger partial charge in [-0.2, -0.15) is 0 Å². The minimum Gasteiger partial charge on any atom is -0.506 e. The third-order valence-electron chi connectivity index (χ3n) is 3.84. The summed E-state index contributed by atoms with van der Waals surface area (Å²) in [6, 6.07) is 13.9. The van der Waals surface area contributed by atoms with Crippen molar-refractivity contribution in [3.8, 4) is 5.75 Å². The number of carbonyl (C=O) groups is 1. The molecule has 0 saturated carbocycles. The van der Waals surface area contributed by atoms with Crippen molar-refractivity contribution in [3.05, 3.63) is 81.1 Å². The van der Waals surface area contributed by atoms with E-state index in [1.807, 2.05) is 0 Å². The van der Waals surface area contributed by atoms with E-state index in [2.05, 4.69) is 0 Å². The summed E-state index contributed by atoms with van der Waals surface area (Å²) in [6.07, 6.45) is 2.77. The van der Waals surface area contributed by atoms with E-state index in [0.717, 1.165) is 0 Å². The number of aryl methyl sites for hydroxylation is 1. The molecular formula is C19H14ClNO3. The molecule has 0 atom stereocenters. The van der Waals surface area contributed by atoms with Crippen LogP contribution in [0.2, 0.25) is 5.02 Å². The molecule has 1 N–H and O–H groups in total. The van der Waals surface area contributed by atoms with Gasteiger partial charge < -0.3 is 9.67 Å². The van der Waals surface area contributed by atoms with Crippen molar-refractivity contribution in [3.63, 3.8) is 0 Å². The molecule has 5 heteroatoms. The summed E-state index contributed by atoms with van der Waals surface area (Å²) in [4.78, 5) is 24.9. The van der Waals surface area contributed by atoms with Crippen LogP contribution in [-0.4, -0.2) is 15.5 Å². The number of hydrogen-bond acceptors (Lipinski definition) is 3. The number of benzene rings is 2. The summed E-state index contributed by atoms with van der Waals surface area (Å²) in [5.74, 6) is -0.874. The van der Waals surface area contributed by atoms with Gasteiger partial charge in [-0.15, -0.1) is 0 Å². The third-order valence-corrected chi connectivity index (χ3v) is 4.19. The van der Waals surface area contributed by atoms with Gasteiger partial charge in [0.25, 0.3) is 5.56 Å².